The predicted octanol–water partition coefficient (Wildman–Crippen LogP) is 3.23. The van der Waals surface area contributed by atoms with Crippen molar-refractivity contribution in [2.24, 2.45) is 0 Å². The molecule has 0 aliphatic rings. The minimum absolute atomic E-state index is 0.241. The van der Waals surface area contributed by atoms with E-state index in [2.05, 4.69) is 25.8 Å². The van der Waals surface area contributed by atoms with E-state index in [0.717, 1.165) is 11.1 Å². The van der Waals surface area contributed by atoms with Crippen LogP contribution in [-0.4, -0.2) is 13.6 Å². The van der Waals surface area contributed by atoms with Crippen LogP contribution >= 0.6 is 15.9 Å². The minimum Gasteiger partial charge on any atom is -0.361 e. The summed E-state index contributed by atoms with van der Waals surface area (Å²) in [6, 6.07) is 6.35. The molecule has 1 aromatic heterocycles. The standard InChI is InChI=1S/C14H17BrN2O3S/c1-9-14(11(3)20-16-9)10(2)17-21(18,19)13-6-4-12(8-15)5-7-13/h4-7,10,17H,8H2,1-3H3. The molecule has 0 bridgehead atoms. The van der Waals surface area contributed by atoms with Crippen molar-refractivity contribution in [2.75, 3.05) is 0 Å². The number of benzene rings is 1. The van der Waals surface area contributed by atoms with Crippen LogP contribution in [-0.2, 0) is 15.4 Å². The number of hydrogen-bond acceptors (Lipinski definition) is 4. The van der Waals surface area contributed by atoms with Crippen molar-refractivity contribution in [1.82, 2.24) is 9.88 Å². The smallest absolute Gasteiger partial charge is 0.241 e. The SMILES string of the molecule is Cc1noc(C)c1C(C)NS(=O)(=O)c1ccc(CBr)cc1. The third-order valence-corrected chi connectivity index (χ3v) is 5.45. The van der Waals surface area contributed by atoms with Gasteiger partial charge in [0.1, 0.15) is 5.76 Å². The molecule has 1 aromatic carbocycles. The second-order valence-corrected chi connectivity index (χ2v) is 7.13. The van der Waals surface area contributed by atoms with E-state index in [9.17, 15) is 8.42 Å². The van der Waals surface area contributed by atoms with E-state index in [0.29, 0.717) is 16.8 Å². The highest BCUT2D eigenvalue weighted by Crippen LogP contribution is 2.23. The summed E-state index contributed by atoms with van der Waals surface area (Å²) < 4.78 is 32.5. The molecule has 114 valence electrons. The molecule has 0 saturated heterocycles. The van der Waals surface area contributed by atoms with Gasteiger partial charge in [-0.05, 0) is 38.5 Å². The molecule has 0 amide bonds. The first-order valence-corrected chi connectivity index (χ1v) is 9.05. The summed E-state index contributed by atoms with van der Waals surface area (Å²) in [5.41, 5.74) is 2.49. The quantitative estimate of drug-likeness (QED) is 0.817. The van der Waals surface area contributed by atoms with Crippen LogP contribution in [0.4, 0.5) is 0 Å². The maximum Gasteiger partial charge on any atom is 0.241 e. The van der Waals surface area contributed by atoms with Gasteiger partial charge >= 0.3 is 0 Å². The van der Waals surface area contributed by atoms with Crippen LogP contribution in [0.3, 0.4) is 0 Å². The molecule has 2 rings (SSSR count). The van der Waals surface area contributed by atoms with Gasteiger partial charge in [-0.25, -0.2) is 13.1 Å². The van der Waals surface area contributed by atoms with Crippen molar-refractivity contribution < 1.29 is 12.9 Å². The average Bonchev–Trinajstić information content (AvgIpc) is 2.77. The van der Waals surface area contributed by atoms with E-state index < -0.39 is 16.1 Å². The second kappa shape index (κ2) is 6.29. The van der Waals surface area contributed by atoms with Gasteiger partial charge in [-0.2, -0.15) is 0 Å². The van der Waals surface area contributed by atoms with Gasteiger partial charge in [0.2, 0.25) is 10.0 Å². The monoisotopic (exact) mass is 372 g/mol. The van der Waals surface area contributed by atoms with Crippen molar-refractivity contribution in [2.45, 2.75) is 37.0 Å². The summed E-state index contributed by atoms with van der Waals surface area (Å²) in [5.74, 6) is 0.623. The van der Waals surface area contributed by atoms with Crippen LogP contribution in [0.5, 0.6) is 0 Å². The number of rotatable bonds is 5. The first-order valence-electron chi connectivity index (χ1n) is 6.45. The van der Waals surface area contributed by atoms with Crippen LogP contribution in [0.25, 0.3) is 0 Å². The molecule has 1 N–H and O–H groups in total. The van der Waals surface area contributed by atoms with E-state index in [-0.39, 0.29) is 4.90 Å². The molecule has 7 heteroatoms. The van der Waals surface area contributed by atoms with Gasteiger partial charge in [0, 0.05) is 16.9 Å². The van der Waals surface area contributed by atoms with E-state index >= 15 is 0 Å². The van der Waals surface area contributed by atoms with Gasteiger partial charge in [-0.3, -0.25) is 0 Å². The topological polar surface area (TPSA) is 72.2 Å². The first kappa shape index (κ1) is 16.2. The molecule has 0 aliphatic carbocycles. The summed E-state index contributed by atoms with van der Waals surface area (Å²) in [6.45, 7) is 5.34. The molecule has 0 radical (unpaired) electrons. The largest absolute Gasteiger partial charge is 0.361 e. The lowest BCUT2D eigenvalue weighted by Gasteiger charge is -2.14. The van der Waals surface area contributed by atoms with Crippen molar-refractivity contribution >= 4 is 26.0 Å². The number of hydrogen-bond donors (Lipinski definition) is 1. The Hall–Kier alpha value is -1.18. The van der Waals surface area contributed by atoms with E-state index in [1.165, 1.54) is 0 Å². The van der Waals surface area contributed by atoms with Crippen molar-refractivity contribution in [1.29, 1.82) is 0 Å². The molecular formula is C14H17BrN2O3S. The van der Waals surface area contributed by atoms with Crippen molar-refractivity contribution in [3.8, 4) is 0 Å². The Morgan fingerprint density at radius 3 is 2.38 bits per heavy atom. The fraction of sp³-hybridized carbons (Fsp3) is 0.357. The lowest BCUT2D eigenvalue weighted by Crippen LogP contribution is -2.27. The maximum absolute atomic E-state index is 12.4. The molecule has 0 spiro atoms. The zero-order chi connectivity index (χ0) is 15.6. The lowest BCUT2D eigenvalue weighted by molar-refractivity contribution is 0.391. The Balaban J connectivity index is 2.24. The number of alkyl halides is 1. The normalized spacial score (nSPS) is 13.3. The highest BCUT2D eigenvalue weighted by molar-refractivity contribution is 9.08. The zero-order valence-corrected chi connectivity index (χ0v) is 14.5. The Morgan fingerprint density at radius 2 is 1.90 bits per heavy atom. The second-order valence-electron chi connectivity index (χ2n) is 4.86. The zero-order valence-electron chi connectivity index (χ0n) is 12.1. The van der Waals surface area contributed by atoms with Gasteiger partial charge in [0.05, 0.1) is 10.6 Å². The summed E-state index contributed by atoms with van der Waals surface area (Å²) in [5, 5.41) is 4.54. The molecule has 1 unspecified atom stereocenters. The number of aromatic nitrogens is 1. The first-order chi connectivity index (χ1) is 9.85. The van der Waals surface area contributed by atoms with Gasteiger partial charge < -0.3 is 4.52 Å². The summed E-state index contributed by atoms with van der Waals surface area (Å²) in [4.78, 5) is 0.241. The van der Waals surface area contributed by atoms with Crippen molar-refractivity contribution in [3.05, 3.63) is 46.8 Å². The molecule has 5 nitrogen and oxygen atoms in total. The van der Waals surface area contributed by atoms with Crippen LogP contribution < -0.4 is 4.72 Å². The van der Waals surface area contributed by atoms with Crippen LogP contribution in [0, 0.1) is 13.8 Å². The van der Waals surface area contributed by atoms with E-state index in [1.807, 2.05) is 0 Å². The molecule has 1 atom stereocenters. The highest BCUT2D eigenvalue weighted by atomic mass is 79.9. The molecule has 21 heavy (non-hydrogen) atoms. The third-order valence-electron chi connectivity index (χ3n) is 3.24. The Bertz CT molecular complexity index is 704. The van der Waals surface area contributed by atoms with E-state index in [1.54, 1.807) is 45.0 Å². The maximum atomic E-state index is 12.4. The lowest BCUT2D eigenvalue weighted by atomic mass is 10.1. The third kappa shape index (κ3) is 3.53. The van der Waals surface area contributed by atoms with Crippen LogP contribution in [0.15, 0.2) is 33.7 Å². The van der Waals surface area contributed by atoms with Gasteiger partial charge in [-0.1, -0.05) is 33.2 Å². The fourth-order valence-corrected chi connectivity index (χ4v) is 3.81. The van der Waals surface area contributed by atoms with Gasteiger partial charge in [0.15, 0.2) is 0 Å². The highest BCUT2D eigenvalue weighted by Gasteiger charge is 2.22. The number of aryl methyl sites for hydroxylation is 2. The number of halogens is 1. The molecule has 0 fully saturated rings. The number of nitrogens with one attached hydrogen (secondary N) is 1. The van der Waals surface area contributed by atoms with Gasteiger partial charge in [0.25, 0.3) is 0 Å². The Morgan fingerprint density at radius 1 is 1.29 bits per heavy atom. The molecule has 0 saturated carbocycles. The van der Waals surface area contributed by atoms with Crippen molar-refractivity contribution in [3.63, 3.8) is 0 Å². The molecule has 0 aliphatic heterocycles. The minimum atomic E-state index is -3.58. The Kier molecular flexibility index (Phi) is 4.85. The predicted molar refractivity (Wildman–Crippen MR) is 83.8 cm³/mol. The average molecular weight is 373 g/mol. The molecule has 1 heterocycles. The Labute approximate surface area is 132 Å². The van der Waals surface area contributed by atoms with Crippen LogP contribution in [0.2, 0.25) is 0 Å². The van der Waals surface area contributed by atoms with E-state index in [4.69, 9.17) is 4.52 Å². The van der Waals surface area contributed by atoms with Crippen LogP contribution in [0.1, 0.15) is 35.5 Å². The number of sulfonamides is 1. The number of nitrogens with zero attached hydrogens (tertiary/aromatic N) is 1. The summed E-state index contributed by atoms with van der Waals surface area (Å²) in [6.07, 6.45) is 0. The fourth-order valence-electron chi connectivity index (χ4n) is 2.23. The summed E-state index contributed by atoms with van der Waals surface area (Å²) >= 11 is 3.33. The van der Waals surface area contributed by atoms with Gasteiger partial charge in [-0.15, -0.1) is 0 Å². The molecular weight excluding hydrogens is 356 g/mol. The molecule has 2 aromatic rings. The summed E-state index contributed by atoms with van der Waals surface area (Å²) in [7, 11) is -3.58.